The molecule has 112 valence electrons. The summed E-state index contributed by atoms with van der Waals surface area (Å²) in [4.78, 5) is 0. The van der Waals surface area contributed by atoms with Crippen LogP contribution in [0.25, 0.3) is 0 Å². The number of benzene rings is 2. The molecule has 0 fully saturated rings. The van der Waals surface area contributed by atoms with Gasteiger partial charge in [0.15, 0.2) is 0 Å². The average Bonchev–Trinajstić information content (AvgIpc) is 2.49. The summed E-state index contributed by atoms with van der Waals surface area (Å²) in [6.07, 6.45) is 3.03. The molecule has 0 spiro atoms. The van der Waals surface area contributed by atoms with Gasteiger partial charge in [0, 0.05) is 9.61 Å². The van der Waals surface area contributed by atoms with Crippen LogP contribution < -0.4 is 5.32 Å². The summed E-state index contributed by atoms with van der Waals surface area (Å²) in [6, 6.07) is 15.9. The lowest BCUT2D eigenvalue weighted by molar-refractivity contribution is 0.504. The Kier molecular flexibility index (Phi) is 6.64. The zero-order chi connectivity index (χ0) is 15.1. The third kappa shape index (κ3) is 5.75. The molecule has 0 radical (unpaired) electrons. The number of hydrogen-bond donors (Lipinski definition) is 1. The van der Waals surface area contributed by atoms with Gasteiger partial charge in [-0.25, -0.2) is 4.39 Å². The maximum atomic E-state index is 13.0. The Hall–Kier alpha value is -0.940. The predicted octanol–water partition coefficient (Wildman–Crippen LogP) is 4.58. The number of nitrogens with one attached hydrogen (secondary N) is 1. The fourth-order valence-electron chi connectivity index (χ4n) is 2.37. The minimum atomic E-state index is -0.172. The topological polar surface area (TPSA) is 12.0 Å². The molecule has 2 aromatic rings. The van der Waals surface area contributed by atoms with E-state index in [0.717, 1.165) is 25.8 Å². The first-order chi connectivity index (χ1) is 10.2. The molecule has 1 unspecified atom stereocenters. The van der Waals surface area contributed by atoms with Gasteiger partial charge in [-0.1, -0.05) is 31.2 Å². The molecule has 0 amide bonds. The lowest BCUT2D eigenvalue weighted by Crippen LogP contribution is -2.33. The van der Waals surface area contributed by atoms with E-state index >= 15 is 0 Å². The lowest BCUT2D eigenvalue weighted by Gasteiger charge is -2.19. The van der Waals surface area contributed by atoms with Crippen LogP contribution in [0.15, 0.2) is 48.5 Å². The predicted molar refractivity (Wildman–Crippen MR) is 95.0 cm³/mol. The van der Waals surface area contributed by atoms with Crippen molar-refractivity contribution in [3.8, 4) is 0 Å². The van der Waals surface area contributed by atoms with Gasteiger partial charge in [-0.3, -0.25) is 0 Å². The van der Waals surface area contributed by atoms with Crippen LogP contribution in [-0.4, -0.2) is 12.6 Å². The highest BCUT2D eigenvalue weighted by Gasteiger charge is 2.10. The smallest absolute Gasteiger partial charge is 0.123 e. The van der Waals surface area contributed by atoms with E-state index in [4.69, 9.17) is 0 Å². The zero-order valence-electron chi connectivity index (χ0n) is 12.3. The third-order valence-electron chi connectivity index (χ3n) is 3.47. The van der Waals surface area contributed by atoms with E-state index < -0.39 is 0 Å². The molecule has 0 aliphatic heterocycles. The standard InChI is InChI=1S/C18H21FIN/c1-2-11-21-18(12-14-3-7-16(19)8-4-14)13-15-5-9-17(20)10-6-15/h3-10,18,21H,2,11-13H2,1H3. The van der Waals surface area contributed by atoms with Crippen LogP contribution in [0, 0.1) is 9.39 Å². The van der Waals surface area contributed by atoms with Crippen molar-refractivity contribution in [1.82, 2.24) is 5.32 Å². The maximum Gasteiger partial charge on any atom is 0.123 e. The first-order valence-corrected chi connectivity index (χ1v) is 8.47. The second-order valence-corrected chi connectivity index (χ2v) is 6.56. The van der Waals surface area contributed by atoms with Crippen LogP contribution in [0.2, 0.25) is 0 Å². The molecular formula is C18H21FIN. The molecule has 0 heterocycles. The summed E-state index contributed by atoms with van der Waals surface area (Å²) < 4.78 is 14.3. The number of halogens is 2. The van der Waals surface area contributed by atoms with Crippen LogP contribution in [0.5, 0.6) is 0 Å². The van der Waals surface area contributed by atoms with Gasteiger partial charge < -0.3 is 5.32 Å². The van der Waals surface area contributed by atoms with Crippen molar-refractivity contribution in [2.24, 2.45) is 0 Å². The van der Waals surface area contributed by atoms with Gasteiger partial charge in [0.2, 0.25) is 0 Å². The average molecular weight is 397 g/mol. The molecule has 0 saturated heterocycles. The molecule has 1 N–H and O–H groups in total. The van der Waals surface area contributed by atoms with Crippen LogP contribution in [-0.2, 0) is 12.8 Å². The van der Waals surface area contributed by atoms with Crippen molar-refractivity contribution < 1.29 is 4.39 Å². The van der Waals surface area contributed by atoms with Crippen LogP contribution >= 0.6 is 22.6 Å². The van der Waals surface area contributed by atoms with E-state index in [2.05, 4.69) is 59.1 Å². The molecule has 21 heavy (non-hydrogen) atoms. The monoisotopic (exact) mass is 397 g/mol. The first kappa shape index (κ1) is 16.4. The molecule has 0 bridgehead atoms. The lowest BCUT2D eigenvalue weighted by atomic mass is 9.99. The molecule has 0 saturated carbocycles. The van der Waals surface area contributed by atoms with Crippen molar-refractivity contribution in [2.45, 2.75) is 32.2 Å². The molecule has 0 aromatic heterocycles. The van der Waals surface area contributed by atoms with E-state index in [1.807, 2.05) is 12.1 Å². The van der Waals surface area contributed by atoms with E-state index in [1.165, 1.54) is 26.8 Å². The molecule has 1 atom stereocenters. The highest BCUT2D eigenvalue weighted by molar-refractivity contribution is 14.1. The number of hydrogen-bond acceptors (Lipinski definition) is 1. The second kappa shape index (κ2) is 8.49. The molecule has 2 aromatic carbocycles. The van der Waals surface area contributed by atoms with Crippen molar-refractivity contribution in [3.05, 3.63) is 69.0 Å². The zero-order valence-corrected chi connectivity index (χ0v) is 14.4. The molecule has 3 heteroatoms. The number of rotatable bonds is 7. The van der Waals surface area contributed by atoms with Crippen LogP contribution in [0.4, 0.5) is 4.39 Å². The quantitative estimate of drug-likeness (QED) is 0.675. The summed E-state index contributed by atoms with van der Waals surface area (Å²) in [5.74, 6) is -0.172. The van der Waals surface area contributed by atoms with E-state index in [9.17, 15) is 4.39 Å². The molecule has 1 nitrogen and oxygen atoms in total. The minimum absolute atomic E-state index is 0.172. The first-order valence-electron chi connectivity index (χ1n) is 7.39. The Balaban J connectivity index is 2.02. The van der Waals surface area contributed by atoms with Crippen molar-refractivity contribution in [1.29, 1.82) is 0 Å². The molecular weight excluding hydrogens is 376 g/mol. The Morgan fingerprint density at radius 1 is 0.952 bits per heavy atom. The van der Waals surface area contributed by atoms with E-state index in [1.54, 1.807) is 0 Å². The van der Waals surface area contributed by atoms with E-state index in [0.29, 0.717) is 6.04 Å². The van der Waals surface area contributed by atoms with Gasteiger partial charge >= 0.3 is 0 Å². The van der Waals surface area contributed by atoms with Gasteiger partial charge in [-0.2, -0.15) is 0 Å². The summed E-state index contributed by atoms with van der Waals surface area (Å²) in [5.41, 5.74) is 2.52. The Labute approximate surface area is 140 Å². The summed E-state index contributed by atoms with van der Waals surface area (Å²) in [5, 5.41) is 3.60. The van der Waals surface area contributed by atoms with Gasteiger partial charge in [-0.15, -0.1) is 0 Å². The van der Waals surface area contributed by atoms with Gasteiger partial charge in [-0.05, 0) is 83.8 Å². The van der Waals surface area contributed by atoms with Gasteiger partial charge in [0.25, 0.3) is 0 Å². The summed E-state index contributed by atoms with van der Waals surface area (Å²) >= 11 is 2.32. The van der Waals surface area contributed by atoms with Crippen LogP contribution in [0.3, 0.4) is 0 Å². The van der Waals surface area contributed by atoms with E-state index in [-0.39, 0.29) is 5.82 Å². The highest BCUT2D eigenvalue weighted by atomic mass is 127. The molecule has 0 aliphatic rings. The fourth-order valence-corrected chi connectivity index (χ4v) is 2.73. The summed E-state index contributed by atoms with van der Waals surface area (Å²) in [6.45, 7) is 3.18. The Morgan fingerprint density at radius 3 is 2.00 bits per heavy atom. The fraction of sp³-hybridized carbons (Fsp3) is 0.333. The van der Waals surface area contributed by atoms with Crippen molar-refractivity contribution in [2.75, 3.05) is 6.54 Å². The Morgan fingerprint density at radius 2 is 1.48 bits per heavy atom. The largest absolute Gasteiger partial charge is 0.313 e. The third-order valence-corrected chi connectivity index (χ3v) is 4.19. The minimum Gasteiger partial charge on any atom is -0.313 e. The SMILES string of the molecule is CCCNC(Cc1ccc(F)cc1)Cc1ccc(I)cc1. The van der Waals surface area contributed by atoms with Crippen LogP contribution in [0.1, 0.15) is 24.5 Å². The highest BCUT2D eigenvalue weighted by Crippen LogP contribution is 2.12. The van der Waals surface area contributed by atoms with Gasteiger partial charge in [0.05, 0.1) is 0 Å². The molecule has 2 rings (SSSR count). The second-order valence-electron chi connectivity index (χ2n) is 5.31. The van der Waals surface area contributed by atoms with Crippen molar-refractivity contribution >= 4 is 22.6 Å². The maximum absolute atomic E-state index is 13.0. The van der Waals surface area contributed by atoms with Crippen molar-refractivity contribution in [3.63, 3.8) is 0 Å². The normalized spacial score (nSPS) is 12.3. The van der Waals surface area contributed by atoms with Gasteiger partial charge in [0.1, 0.15) is 5.82 Å². The Bertz CT molecular complexity index is 489. The molecule has 0 aliphatic carbocycles. The summed E-state index contributed by atoms with van der Waals surface area (Å²) in [7, 11) is 0.